The van der Waals surface area contributed by atoms with Crippen LogP contribution >= 0.6 is 0 Å². The Labute approximate surface area is 120 Å². The van der Waals surface area contributed by atoms with Crippen molar-refractivity contribution in [1.29, 1.82) is 0 Å². The molecule has 0 radical (unpaired) electrons. The average Bonchev–Trinajstić information content (AvgIpc) is 3.01. The van der Waals surface area contributed by atoms with E-state index in [4.69, 9.17) is 0 Å². The number of pyridine rings is 1. The lowest BCUT2D eigenvalue weighted by atomic mass is 10.2. The third kappa shape index (κ3) is 2.40. The maximum Gasteiger partial charge on any atom is 0.258 e. The second kappa shape index (κ2) is 5.20. The summed E-state index contributed by atoms with van der Waals surface area (Å²) in [4.78, 5) is 24.8. The summed E-state index contributed by atoms with van der Waals surface area (Å²) < 4.78 is 0. The van der Waals surface area contributed by atoms with Crippen LogP contribution in [0.4, 0.5) is 5.82 Å². The van der Waals surface area contributed by atoms with E-state index in [-0.39, 0.29) is 5.56 Å². The number of nitrogens with zero attached hydrogens (tertiary/aromatic N) is 4. The molecule has 3 aromatic rings. The highest BCUT2D eigenvalue weighted by Crippen LogP contribution is 2.21. The first kappa shape index (κ1) is 13.0. The van der Waals surface area contributed by atoms with Gasteiger partial charge in [-0.1, -0.05) is 0 Å². The molecule has 0 aliphatic carbocycles. The highest BCUT2D eigenvalue weighted by Gasteiger charge is 2.10. The smallest absolute Gasteiger partial charge is 0.258 e. The van der Waals surface area contributed by atoms with Crippen LogP contribution in [-0.4, -0.2) is 32.2 Å². The maximum atomic E-state index is 11.8. The molecule has 0 saturated carbocycles. The lowest BCUT2D eigenvalue weighted by molar-refractivity contribution is 1.09. The predicted molar refractivity (Wildman–Crippen MR) is 80.8 cm³/mol. The minimum absolute atomic E-state index is 0.174. The van der Waals surface area contributed by atoms with Crippen LogP contribution < -0.4 is 10.5 Å². The molecule has 0 amide bonds. The lowest BCUT2D eigenvalue weighted by Gasteiger charge is -2.15. The molecule has 106 valence electrons. The molecule has 0 saturated heterocycles. The van der Waals surface area contributed by atoms with E-state index in [1.807, 2.05) is 31.3 Å². The number of fused-ring (bicyclic) bond motifs is 1. The fraction of sp³-hybridized carbons (Fsp3) is 0.143. The first-order valence-corrected chi connectivity index (χ1v) is 6.39. The number of hydrogen-bond donors (Lipinski definition) is 2. The highest BCUT2D eigenvalue weighted by atomic mass is 16.1. The zero-order valence-corrected chi connectivity index (χ0v) is 11.7. The number of allylic oxidation sites excluding steroid dienone is 1. The molecule has 3 rings (SSSR count). The Balaban J connectivity index is 2.06. The SMILES string of the molecule is C/C(=C\N(C)c1nccc2c(=O)[nH]cnc12)c1cn[nH]c1. The first-order chi connectivity index (χ1) is 10.2. The van der Waals surface area contributed by atoms with Crippen molar-refractivity contribution < 1.29 is 0 Å². The number of hydrogen-bond acceptors (Lipinski definition) is 5. The molecule has 0 spiro atoms. The molecule has 2 N–H and O–H groups in total. The average molecular weight is 282 g/mol. The van der Waals surface area contributed by atoms with Crippen LogP contribution in [0.3, 0.4) is 0 Å². The van der Waals surface area contributed by atoms with Gasteiger partial charge >= 0.3 is 0 Å². The molecule has 0 aliphatic rings. The Morgan fingerprint density at radius 3 is 3.00 bits per heavy atom. The van der Waals surface area contributed by atoms with E-state index in [0.717, 1.165) is 11.1 Å². The molecule has 21 heavy (non-hydrogen) atoms. The summed E-state index contributed by atoms with van der Waals surface area (Å²) >= 11 is 0. The molecular weight excluding hydrogens is 268 g/mol. The van der Waals surface area contributed by atoms with Crippen molar-refractivity contribution in [3.8, 4) is 0 Å². The van der Waals surface area contributed by atoms with E-state index < -0.39 is 0 Å². The normalized spacial score (nSPS) is 11.8. The number of nitrogens with one attached hydrogen (secondary N) is 2. The summed E-state index contributed by atoms with van der Waals surface area (Å²) in [5.41, 5.74) is 2.41. The summed E-state index contributed by atoms with van der Waals surface area (Å²) in [6, 6.07) is 1.66. The topological polar surface area (TPSA) is 90.6 Å². The van der Waals surface area contributed by atoms with Crippen LogP contribution in [0.25, 0.3) is 16.5 Å². The van der Waals surface area contributed by atoms with E-state index in [1.54, 1.807) is 18.5 Å². The van der Waals surface area contributed by atoms with Crippen molar-refractivity contribution in [3.63, 3.8) is 0 Å². The van der Waals surface area contributed by atoms with Gasteiger partial charge in [0, 0.05) is 31.2 Å². The third-order valence-electron chi connectivity index (χ3n) is 3.21. The minimum Gasteiger partial charge on any atom is -0.334 e. The largest absolute Gasteiger partial charge is 0.334 e. The van der Waals surface area contributed by atoms with Crippen LogP contribution in [0.2, 0.25) is 0 Å². The van der Waals surface area contributed by atoms with Gasteiger partial charge in [0.05, 0.1) is 17.9 Å². The molecule has 3 aromatic heterocycles. The summed E-state index contributed by atoms with van der Waals surface area (Å²) in [7, 11) is 1.87. The van der Waals surface area contributed by atoms with Crippen LogP contribution in [0.15, 0.2) is 42.0 Å². The Kier molecular flexibility index (Phi) is 3.23. The maximum absolute atomic E-state index is 11.8. The quantitative estimate of drug-likeness (QED) is 0.760. The van der Waals surface area contributed by atoms with E-state index in [9.17, 15) is 4.79 Å². The van der Waals surface area contributed by atoms with Gasteiger partial charge in [0.15, 0.2) is 5.82 Å². The van der Waals surface area contributed by atoms with E-state index >= 15 is 0 Å². The monoisotopic (exact) mass is 282 g/mol. The van der Waals surface area contributed by atoms with Gasteiger partial charge in [-0.3, -0.25) is 9.89 Å². The van der Waals surface area contributed by atoms with Crippen LogP contribution in [0, 0.1) is 0 Å². The minimum atomic E-state index is -0.174. The molecule has 0 aromatic carbocycles. The molecule has 7 heteroatoms. The zero-order valence-electron chi connectivity index (χ0n) is 11.7. The third-order valence-corrected chi connectivity index (χ3v) is 3.21. The van der Waals surface area contributed by atoms with Gasteiger partial charge in [-0.25, -0.2) is 9.97 Å². The number of anilines is 1. The van der Waals surface area contributed by atoms with E-state index in [2.05, 4.69) is 25.1 Å². The van der Waals surface area contributed by atoms with Crippen LogP contribution in [-0.2, 0) is 0 Å². The van der Waals surface area contributed by atoms with Gasteiger partial charge in [0.25, 0.3) is 5.56 Å². The molecule has 0 bridgehead atoms. The zero-order chi connectivity index (χ0) is 14.8. The van der Waals surface area contributed by atoms with E-state index in [1.165, 1.54) is 6.33 Å². The van der Waals surface area contributed by atoms with Gasteiger partial charge in [-0.2, -0.15) is 5.10 Å². The van der Waals surface area contributed by atoms with Crippen molar-refractivity contribution in [2.75, 3.05) is 11.9 Å². The molecule has 7 nitrogen and oxygen atoms in total. The second-order valence-corrected chi connectivity index (χ2v) is 4.67. The molecule has 0 atom stereocenters. The fourth-order valence-corrected chi connectivity index (χ4v) is 2.14. The van der Waals surface area contributed by atoms with Gasteiger partial charge in [0.1, 0.15) is 5.52 Å². The van der Waals surface area contributed by atoms with Gasteiger partial charge in [-0.05, 0) is 18.6 Å². The van der Waals surface area contributed by atoms with Gasteiger partial charge in [-0.15, -0.1) is 0 Å². The fourth-order valence-electron chi connectivity index (χ4n) is 2.14. The van der Waals surface area contributed by atoms with Gasteiger partial charge < -0.3 is 9.88 Å². The molecule has 3 heterocycles. The number of aromatic nitrogens is 5. The predicted octanol–water partition coefficient (Wildman–Crippen LogP) is 1.54. The Morgan fingerprint density at radius 2 is 2.24 bits per heavy atom. The Bertz CT molecular complexity index is 849. The van der Waals surface area contributed by atoms with Crippen molar-refractivity contribution in [1.82, 2.24) is 25.1 Å². The number of aromatic amines is 2. The Hall–Kier alpha value is -2.96. The van der Waals surface area contributed by atoms with Crippen molar-refractivity contribution >= 4 is 22.3 Å². The summed E-state index contributed by atoms with van der Waals surface area (Å²) in [6.07, 6.45) is 8.48. The first-order valence-electron chi connectivity index (χ1n) is 6.39. The van der Waals surface area contributed by atoms with E-state index in [0.29, 0.717) is 16.7 Å². The number of H-pyrrole nitrogens is 2. The molecule has 0 fully saturated rings. The highest BCUT2D eigenvalue weighted by molar-refractivity contribution is 5.88. The summed E-state index contributed by atoms with van der Waals surface area (Å²) in [5, 5.41) is 7.22. The van der Waals surface area contributed by atoms with Crippen LogP contribution in [0.1, 0.15) is 12.5 Å². The van der Waals surface area contributed by atoms with Gasteiger partial charge in [0.2, 0.25) is 0 Å². The molecular formula is C14H14N6O. The Morgan fingerprint density at radius 1 is 1.38 bits per heavy atom. The van der Waals surface area contributed by atoms with Crippen molar-refractivity contribution in [2.45, 2.75) is 6.92 Å². The second-order valence-electron chi connectivity index (χ2n) is 4.67. The van der Waals surface area contributed by atoms with Crippen molar-refractivity contribution in [2.24, 2.45) is 0 Å². The molecule has 0 unspecified atom stereocenters. The standard InChI is InChI=1S/C14H14N6O/c1-9(10-5-18-19-6-10)7-20(2)13-12-11(3-4-15-13)14(21)17-8-16-12/h3-8H,1-2H3,(H,18,19)(H,16,17,21)/b9-7+. The number of rotatable bonds is 3. The summed E-state index contributed by atoms with van der Waals surface area (Å²) in [5.74, 6) is 0.626. The van der Waals surface area contributed by atoms with Crippen LogP contribution in [0.5, 0.6) is 0 Å². The lowest BCUT2D eigenvalue weighted by Crippen LogP contribution is -2.14. The molecule has 0 aliphatic heterocycles. The van der Waals surface area contributed by atoms with Crippen molar-refractivity contribution in [3.05, 3.63) is 53.1 Å². The summed E-state index contributed by atoms with van der Waals surface area (Å²) in [6.45, 7) is 1.98.